The number of aryl methyl sites for hydroxylation is 2. The Morgan fingerprint density at radius 2 is 1.91 bits per heavy atom. The van der Waals surface area contributed by atoms with Crippen molar-refractivity contribution in [3.05, 3.63) is 59.7 Å². The SMILES string of the molecule is CCc1ccc2c(c1)nc(Cc1nc3ccccc3o1)n2C. The van der Waals surface area contributed by atoms with Crippen LogP contribution in [0.1, 0.15) is 24.2 Å². The average Bonchev–Trinajstić information content (AvgIpc) is 3.08. The van der Waals surface area contributed by atoms with E-state index in [1.54, 1.807) is 0 Å². The summed E-state index contributed by atoms with van der Waals surface area (Å²) in [5, 5.41) is 0. The highest BCUT2D eigenvalue weighted by Crippen LogP contribution is 2.21. The number of rotatable bonds is 3. The van der Waals surface area contributed by atoms with E-state index in [2.05, 4.69) is 34.7 Å². The lowest BCUT2D eigenvalue weighted by atomic mass is 10.1. The number of nitrogens with zero attached hydrogens (tertiary/aromatic N) is 3. The normalized spacial score (nSPS) is 11.5. The lowest BCUT2D eigenvalue weighted by Gasteiger charge is -2.00. The second kappa shape index (κ2) is 4.98. The number of benzene rings is 2. The van der Waals surface area contributed by atoms with Crippen LogP contribution in [0, 0.1) is 0 Å². The van der Waals surface area contributed by atoms with E-state index in [1.165, 1.54) is 5.56 Å². The summed E-state index contributed by atoms with van der Waals surface area (Å²) in [4.78, 5) is 9.28. The Hall–Kier alpha value is -2.62. The minimum atomic E-state index is 0.599. The zero-order valence-corrected chi connectivity index (χ0v) is 12.7. The molecule has 4 nitrogen and oxygen atoms in total. The predicted molar refractivity (Wildman–Crippen MR) is 86.9 cm³/mol. The van der Waals surface area contributed by atoms with Gasteiger partial charge in [-0.1, -0.05) is 25.1 Å². The first-order valence-corrected chi connectivity index (χ1v) is 7.53. The van der Waals surface area contributed by atoms with Crippen molar-refractivity contribution in [2.24, 2.45) is 7.05 Å². The van der Waals surface area contributed by atoms with Crippen LogP contribution in [0.2, 0.25) is 0 Å². The molecular weight excluding hydrogens is 274 g/mol. The van der Waals surface area contributed by atoms with Crippen molar-refractivity contribution in [1.29, 1.82) is 0 Å². The highest BCUT2D eigenvalue weighted by Gasteiger charge is 2.12. The topological polar surface area (TPSA) is 43.9 Å². The summed E-state index contributed by atoms with van der Waals surface area (Å²) < 4.78 is 7.92. The van der Waals surface area contributed by atoms with Crippen molar-refractivity contribution < 1.29 is 4.42 Å². The van der Waals surface area contributed by atoms with Gasteiger partial charge in [-0.05, 0) is 36.2 Å². The summed E-state index contributed by atoms with van der Waals surface area (Å²) in [6.45, 7) is 2.16. The van der Waals surface area contributed by atoms with E-state index in [1.807, 2.05) is 31.3 Å². The summed E-state index contributed by atoms with van der Waals surface area (Å²) in [5.74, 6) is 1.67. The van der Waals surface area contributed by atoms with Gasteiger partial charge in [-0.2, -0.15) is 0 Å². The summed E-state index contributed by atoms with van der Waals surface area (Å²) in [7, 11) is 2.04. The maximum atomic E-state index is 5.80. The number of aromatic nitrogens is 3. The summed E-state index contributed by atoms with van der Waals surface area (Å²) in [6, 6.07) is 14.3. The summed E-state index contributed by atoms with van der Waals surface area (Å²) in [5.41, 5.74) is 5.20. The average molecular weight is 291 g/mol. The third-order valence-corrected chi connectivity index (χ3v) is 4.09. The number of hydrogen-bond donors (Lipinski definition) is 0. The molecule has 22 heavy (non-hydrogen) atoms. The van der Waals surface area contributed by atoms with Gasteiger partial charge in [-0.25, -0.2) is 9.97 Å². The lowest BCUT2D eigenvalue weighted by molar-refractivity contribution is 0.536. The van der Waals surface area contributed by atoms with E-state index in [0.717, 1.165) is 34.4 Å². The predicted octanol–water partition coefficient (Wildman–Crippen LogP) is 3.87. The van der Waals surface area contributed by atoms with Crippen LogP contribution in [-0.2, 0) is 19.9 Å². The molecule has 0 aliphatic rings. The van der Waals surface area contributed by atoms with Crippen molar-refractivity contribution in [1.82, 2.24) is 14.5 Å². The molecule has 0 aliphatic heterocycles. The molecule has 0 saturated heterocycles. The van der Waals surface area contributed by atoms with E-state index >= 15 is 0 Å². The van der Waals surface area contributed by atoms with Crippen LogP contribution in [0.5, 0.6) is 0 Å². The van der Waals surface area contributed by atoms with Gasteiger partial charge in [0.2, 0.25) is 5.89 Å². The first kappa shape index (κ1) is 13.1. The minimum absolute atomic E-state index is 0.599. The molecule has 110 valence electrons. The molecule has 0 fully saturated rings. The van der Waals surface area contributed by atoms with E-state index < -0.39 is 0 Å². The fraction of sp³-hybridized carbons (Fsp3) is 0.222. The highest BCUT2D eigenvalue weighted by atomic mass is 16.3. The van der Waals surface area contributed by atoms with Gasteiger partial charge in [0.05, 0.1) is 17.5 Å². The Balaban J connectivity index is 1.75. The number of para-hydroxylation sites is 2. The van der Waals surface area contributed by atoms with E-state index in [-0.39, 0.29) is 0 Å². The van der Waals surface area contributed by atoms with Gasteiger partial charge in [0.25, 0.3) is 0 Å². The van der Waals surface area contributed by atoms with Crippen molar-refractivity contribution in [2.75, 3.05) is 0 Å². The molecule has 0 spiro atoms. The molecular formula is C18H17N3O. The minimum Gasteiger partial charge on any atom is -0.440 e. The first-order chi connectivity index (χ1) is 10.7. The lowest BCUT2D eigenvalue weighted by Crippen LogP contribution is -1.99. The van der Waals surface area contributed by atoms with Crippen LogP contribution in [0.25, 0.3) is 22.1 Å². The van der Waals surface area contributed by atoms with Crippen molar-refractivity contribution >= 4 is 22.1 Å². The van der Waals surface area contributed by atoms with Gasteiger partial charge in [-0.3, -0.25) is 0 Å². The van der Waals surface area contributed by atoms with Gasteiger partial charge in [-0.15, -0.1) is 0 Å². The van der Waals surface area contributed by atoms with Crippen LogP contribution in [0.15, 0.2) is 46.9 Å². The van der Waals surface area contributed by atoms with E-state index in [0.29, 0.717) is 12.3 Å². The monoisotopic (exact) mass is 291 g/mol. The summed E-state index contributed by atoms with van der Waals surface area (Å²) >= 11 is 0. The second-order valence-corrected chi connectivity index (χ2v) is 5.52. The maximum Gasteiger partial charge on any atom is 0.203 e. The molecule has 0 atom stereocenters. The third-order valence-electron chi connectivity index (χ3n) is 4.09. The van der Waals surface area contributed by atoms with E-state index in [4.69, 9.17) is 9.40 Å². The van der Waals surface area contributed by atoms with Crippen LogP contribution >= 0.6 is 0 Å². The van der Waals surface area contributed by atoms with Crippen molar-refractivity contribution in [3.63, 3.8) is 0 Å². The Morgan fingerprint density at radius 1 is 1.05 bits per heavy atom. The molecule has 2 aromatic heterocycles. The number of oxazole rings is 1. The molecule has 0 bridgehead atoms. The standard InChI is InChI=1S/C18H17N3O/c1-3-12-8-9-15-14(10-12)19-17(21(15)2)11-18-20-13-6-4-5-7-16(13)22-18/h4-10H,3,11H2,1-2H3. The fourth-order valence-electron chi connectivity index (χ4n) is 2.80. The van der Waals surface area contributed by atoms with Gasteiger partial charge in [0.1, 0.15) is 11.3 Å². The first-order valence-electron chi connectivity index (χ1n) is 7.53. The second-order valence-electron chi connectivity index (χ2n) is 5.52. The van der Waals surface area contributed by atoms with Crippen LogP contribution < -0.4 is 0 Å². The molecule has 0 aliphatic carbocycles. The van der Waals surface area contributed by atoms with Gasteiger partial charge in [0, 0.05) is 7.05 Å². The Bertz CT molecular complexity index is 932. The van der Waals surface area contributed by atoms with E-state index in [9.17, 15) is 0 Å². The molecule has 2 heterocycles. The molecule has 0 unspecified atom stereocenters. The van der Waals surface area contributed by atoms with Crippen molar-refractivity contribution in [3.8, 4) is 0 Å². The molecule has 0 radical (unpaired) electrons. The molecule has 0 N–H and O–H groups in total. The number of imidazole rings is 1. The number of hydrogen-bond acceptors (Lipinski definition) is 3. The molecule has 4 rings (SSSR count). The molecule has 0 saturated carbocycles. The van der Waals surface area contributed by atoms with Crippen LogP contribution in [0.3, 0.4) is 0 Å². The Labute approximate surface area is 128 Å². The van der Waals surface area contributed by atoms with Crippen LogP contribution in [0.4, 0.5) is 0 Å². The maximum absolute atomic E-state index is 5.80. The number of fused-ring (bicyclic) bond motifs is 2. The largest absolute Gasteiger partial charge is 0.440 e. The van der Waals surface area contributed by atoms with Crippen LogP contribution in [-0.4, -0.2) is 14.5 Å². The van der Waals surface area contributed by atoms with Crippen molar-refractivity contribution in [2.45, 2.75) is 19.8 Å². The molecule has 4 aromatic rings. The highest BCUT2D eigenvalue weighted by molar-refractivity contribution is 5.77. The third kappa shape index (κ3) is 2.08. The molecule has 0 amide bonds. The molecule has 4 heteroatoms. The fourth-order valence-corrected chi connectivity index (χ4v) is 2.80. The Kier molecular flexibility index (Phi) is 2.96. The zero-order chi connectivity index (χ0) is 15.1. The van der Waals surface area contributed by atoms with Gasteiger partial charge >= 0.3 is 0 Å². The Morgan fingerprint density at radius 3 is 2.73 bits per heavy atom. The quantitative estimate of drug-likeness (QED) is 0.575. The summed E-state index contributed by atoms with van der Waals surface area (Å²) in [6.07, 6.45) is 1.62. The van der Waals surface area contributed by atoms with Gasteiger partial charge in [0.15, 0.2) is 5.58 Å². The van der Waals surface area contributed by atoms with Gasteiger partial charge < -0.3 is 8.98 Å². The zero-order valence-electron chi connectivity index (χ0n) is 12.7. The smallest absolute Gasteiger partial charge is 0.203 e. The molecule has 2 aromatic carbocycles.